The number of aliphatic hydroxyl groups is 1. The molecule has 6 atom stereocenters. The van der Waals surface area contributed by atoms with Gasteiger partial charge in [0, 0.05) is 24.8 Å². The molecule has 2 aromatic carbocycles. The van der Waals surface area contributed by atoms with Gasteiger partial charge in [-0.1, -0.05) is 61.7 Å². The standard InChI is InChI=1S/C38H49Cl2N7O10/c1-8-21(2)38(35(52)56-7,24-11-14-27(39)28(40)16-24)46(36(53)57-37(4,5)6)32(49)18-31(48)29(15-23-9-12-26(13-10-23)47(54)55)44-34(51)30(45-33(50)22(3)41)17-25-19-42-20-43-25/h9-14,16,19-22,29-31,48H,8,15,17-18,41H2,1-7H3,(H,42,43)(H,44,51)(H,45,50)/t21-,22?,29-,30-,31?,38+/m0/s1. The van der Waals surface area contributed by atoms with Crippen LogP contribution in [0, 0.1) is 16.0 Å². The van der Waals surface area contributed by atoms with E-state index < -0.39 is 82.4 Å². The highest BCUT2D eigenvalue weighted by atomic mass is 35.5. The molecule has 1 heterocycles. The fraction of sp³-hybridized carbons (Fsp3) is 0.474. The van der Waals surface area contributed by atoms with Crippen LogP contribution in [0.3, 0.4) is 0 Å². The molecule has 3 aromatic rings. The third-order valence-electron chi connectivity index (χ3n) is 9.15. The number of benzene rings is 2. The average molecular weight is 835 g/mol. The molecule has 0 aliphatic carbocycles. The Bertz CT molecular complexity index is 1900. The lowest BCUT2D eigenvalue weighted by molar-refractivity contribution is -0.384. The molecular formula is C38H49Cl2N7O10. The first-order valence-electron chi connectivity index (χ1n) is 18.0. The Morgan fingerprint density at radius 2 is 1.67 bits per heavy atom. The summed E-state index contributed by atoms with van der Waals surface area (Å²) in [6.07, 6.45) is -1.10. The molecule has 0 aliphatic rings. The lowest BCUT2D eigenvalue weighted by atomic mass is 9.75. The summed E-state index contributed by atoms with van der Waals surface area (Å²) in [5, 5.41) is 28.7. The summed E-state index contributed by atoms with van der Waals surface area (Å²) >= 11 is 12.7. The Balaban J connectivity index is 2.18. The van der Waals surface area contributed by atoms with E-state index in [0.717, 1.165) is 7.11 Å². The molecule has 3 rings (SSSR count). The summed E-state index contributed by atoms with van der Waals surface area (Å²) in [6, 6.07) is 5.84. The number of methoxy groups -OCH3 is 1. The number of carbonyl (C=O) groups is 5. The maximum absolute atomic E-state index is 14.7. The first kappa shape index (κ1) is 46.3. The number of carbonyl (C=O) groups excluding carboxylic acids is 5. The van der Waals surface area contributed by atoms with Crippen molar-refractivity contribution in [2.75, 3.05) is 7.11 Å². The first-order chi connectivity index (χ1) is 26.7. The number of esters is 1. The Hall–Kier alpha value is -5.10. The average Bonchev–Trinajstić information content (AvgIpc) is 3.66. The zero-order valence-electron chi connectivity index (χ0n) is 32.7. The first-order valence-corrected chi connectivity index (χ1v) is 18.8. The SMILES string of the molecule is CC[C@H](C)[C@](C(=O)OC)(c1ccc(Cl)c(Cl)c1)N(C(=O)CC(O)[C@H](Cc1ccc([N+](=O)[O-])cc1)NC(=O)[C@H](Cc1c[nH]cn1)NC(=O)C(C)N)C(=O)OC(C)(C)C. The van der Waals surface area contributed by atoms with Crippen LogP contribution in [-0.2, 0) is 47.0 Å². The van der Waals surface area contributed by atoms with E-state index in [1.165, 1.54) is 61.9 Å². The highest BCUT2D eigenvalue weighted by Crippen LogP contribution is 2.43. The summed E-state index contributed by atoms with van der Waals surface area (Å²) in [4.78, 5) is 88.1. The second-order valence-corrected chi connectivity index (χ2v) is 15.3. The molecule has 310 valence electrons. The van der Waals surface area contributed by atoms with Crippen molar-refractivity contribution < 1.29 is 43.5 Å². The molecule has 19 heteroatoms. The van der Waals surface area contributed by atoms with Crippen molar-refractivity contribution in [2.24, 2.45) is 11.7 Å². The maximum atomic E-state index is 14.7. The van der Waals surface area contributed by atoms with Crippen molar-refractivity contribution in [1.82, 2.24) is 25.5 Å². The van der Waals surface area contributed by atoms with Crippen LogP contribution in [0.25, 0.3) is 0 Å². The molecule has 0 radical (unpaired) electrons. The van der Waals surface area contributed by atoms with Gasteiger partial charge in [0.2, 0.25) is 17.7 Å². The number of nitrogens with one attached hydrogen (secondary N) is 3. The Morgan fingerprint density at radius 3 is 2.18 bits per heavy atom. The van der Waals surface area contributed by atoms with Gasteiger partial charge in [-0.05, 0) is 63.3 Å². The molecule has 0 aliphatic heterocycles. The van der Waals surface area contributed by atoms with Crippen LogP contribution in [0.1, 0.15) is 71.2 Å². The number of nitrogens with two attached hydrogens (primary N) is 1. The molecular weight excluding hydrogens is 785 g/mol. The number of aromatic amines is 1. The monoisotopic (exact) mass is 833 g/mol. The zero-order chi connectivity index (χ0) is 42.8. The lowest BCUT2D eigenvalue weighted by Gasteiger charge is -2.44. The van der Waals surface area contributed by atoms with Crippen molar-refractivity contribution in [3.05, 3.63) is 92.0 Å². The number of hydrogen-bond donors (Lipinski definition) is 5. The van der Waals surface area contributed by atoms with Gasteiger partial charge >= 0.3 is 12.1 Å². The third kappa shape index (κ3) is 11.7. The number of imidazole rings is 1. The minimum atomic E-state index is -2.22. The second kappa shape index (κ2) is 19.9. The van der Waals surface area contributed by atoms with E-state index in [9.17, 15) is 39.2 Å². The maximum Gasteiger partial charge on any atom is 0.418 e. The largest absolute Gasteiger partial charge is 0.467 e. The van der Waals surface area contributed by atoms with Gasteiger partial charge in [-0.15, -0.1) is 0 Å². The quantitative estimate of drug-likeness (QED) is 0.0723. The Labute approximate surface area is 340 Å². The molecule has 6 N–H and O–H groups in total. The number of rotatable bonds is 17. The predicted molar refractivity (Wildman–Crippen MR) is 210 cm³/mol. The molecule has 17 nitrogen and oxygen atoms in total. The predicted octanol–water partition coefficient (Wildman–Crippen LogP) is 4.36. The molecule has 57 heavy (non-hydrogen) atoms. The van der Waals surface area contributed by atoms with E-state index in [4.69, 9.17) is 38.4 Å². The molecule has 0 bridgehead atoms. The van der Waals surface area contributed by atoms with Crippen LogP contribution in [0.2, 0.25) is 10.0 Å². The van der Waals surface area contributed by atoms with Crippen molar-refractivity contribution >= 4 is 58.7 Å². The number of H-pyrrole nitrogens is 1. The summed E-state index contributed by atoms with van der Waals surface area (Å²) in [5.41, 5.74) is 3.03. The van der Waals surface area contributed by atoms with Crippen LogP contribution in [0.4, 0.5) is 10.5 Å². The number of non-ortho nitro benzene ring substituents is 1. The smallest absolute Gasteiger partial charge is 0.418 e. The van der Waals surface area contributed by atoms with Crippen molar-refractivity contribution in [3.63, 3.8) is 0 Å². The summed E-state index contributed by atoms with van der Waals surface area (Å²) < 4.78 is 11.0. The van der Waals surface area contributed by atoms with Crippen molar-refractivity contribution in [1.29, 1.82) is 0 Å². The topological polar surface area (TPSA) is 249 Å². The number of nitro benzene ring substituents is 1. The van der Waals surface area contributed by atoms with E-state index in [0.29, 0.717) is 16.2 Å². The third-order valence-corrected chi connectivity index (χ3v) is 9.89. The Kier molecular flexibility index (Phi) is 16.1. The minimum Gasteiger partial charge on any atom is -0.467 e. The molecule has 0 saturated heterocycles. The molecule has 0 spiro atoms. The van der Waals surface area contributed by atoms with Gasteiger partial charge < -0.3 is 35.9 Å². The van der Waals surface area contributed by atoms with Gasteiger partial charge in [-0.25, -0.2) is 19.5 Å². The van der Waals surface area contributed by atoms with E-state index in [1.807, 2.05) is 0 Å². The molecule has 4 amide bonds. The van der Waals surface area contributed by atoms with Crippen LogP contribution >= 0.6 is 23.2 Å². The van der Waals surface area contributed by atoms with Gasteiger partial charge in [0.05, 0.1) is 58.7 Å². The van der Waals surface area contributed by atoms with E-state index in [2.05, 4.69) is 20.6 Å². The van der Waals surface area contributed by atoms with Gasteiger partial charge in [0.15, 0.2) is 5.54 Å². The fourth-order valence-corrected chi connectivity index (χ4v) is 6.39. The number of nitrogens with zero attached hydrogens (tertiary/aromatic N) is 3. The van der Waals surface area contributed by atoms with Crippen LogP contribution in [-0.4, -0.2) is 91.6 Å². The molecule has 1 aromatic heterocycles. The van der Waals surface area contributed by atoms with E-state index in [1.54, 1.807) is 34.6 Å². The molecule has 2 unspecified atom stereocenters. The Morgan fingerprint density at radius 1 is 1.02 bits per heavy atom. The van der Waals surface area contributed by atoms with Gasteiger partial charge in [-0.3, -0.25) is 24.5 Å². The summed E-state index contributed by atoms with van der Waals surface area (Å²) in [6.45, 7) is 9.45. The minimum absolute atomic E-state index is 0.00811. The summed E-state index contributed by atoms with van der Waals surface area (Å²) in [5.74, 6) is -4.43. The number of aromatic nitrogens is 2. The molecule has 0 saturated carbocycles. The number of hydrogen-bond acceptors (Lipinski definition) is 12. The number of imide groups is 1. The zero-order valence-corrected chi connectivity index (χ0v) is 34.2. The highest BCUT2D eigenvalue weighted by molar-refractivity contribution is 6.42. The van der Waals surface area contributed by atoms with E-state index >= 15 is 0 Å². The van der Waals surface area contributed by atoms with Gasteiger partial charge in [0.25, 0.3) is 5.69 Å². The van der Waals surface area contributed by atoms with Crippen molar-refractivity contribution in [2.45, 2.75) is 103 Å². The number of halogens is 2. The molecule has 0 fully saturated rings. The van der Waals surface area contributed by atoms with E-state index in [-0.39, 0.29) is 40.6 Å². The lowest BCUT2D eigenvalue weighted by Crippen LogP contribution is -2.62. The van der Waals surface area contributed by atoms with Crippen LogP contribution in [0.15, 0.2) is 55.0 Å². The number of ether oxygens (including phenoxy) is 2. The normalized spacial score (nSPS) is 15.1. The van der Waals surface area contributed by atoms with Crippen LogP contribution in [0.5, 0.6) is 0 Å². The number of amides is 4. The van der Waals surface area contributed by atoms with Gasteiger partial charge in [-0.2, -0.15) is 0 Å². The highest BCUT2D eigenvalue weighted by Gasteiger charge is 2.57. The number of nitro groups is 1. The number of aliphatic hydroxyl groups excluding tert-OH is 1. The fourth-order valence-electron chi connectivity index (χ4n) is 6.09. The van der Waals surface area contributed by atoms with Crippen molar-refractivity contribution in [3.8, 4) is 0 Å². The second-order valence-electron chi connectivity index (χ2n) is 14.5. The van der Waals surface area contributed by atoms with Crippen LogP contribution < -0.4 is 16.4 Å². The summed E-state index contributed by atoms with van der Waals surface area (Å²) in [7, 11) is 1.09. The van der Waals surface area contributed by atoms with Gasteiger partial charge in [0.1, 0.15) is 11.6 Å².